The third-order valence-corrected chi connectivity index (χ3v) is 4.56. The first-order valence-electron chi connectivity index (χ1n) is 7.19. The lowest BCUT2D eigenvalue weighted by Gasteiger charge is -1.96. The molecule has 6 nitrogen and oxygen atoms in total. The highest BCUT2D eigenvalue weighted by molar-refractivity contribution is 7.89. The van der Waals surface area contributed by atoms with E-state index in [2.05, 4.69) is 0 Å². The van der Waals surface area contributed by atoms with E-state index in [0.717, 1.165) is 11.1 Å². The maximum Gasteiger partial charge on any atom is 0.238 e. The maximum atomic E-state index is 10.7. The quantitative estimate of drug-likeness (QED) is 0.840. The van der Waals surface area contributed by atoms with Crippen LogP contribution >= 0.6 is 0 Å². The summed E-state index contributed by atoms with van der Waals surface area (Å²) in [4.78, 5) is 0.311. The number of sulfonamides is 2. The second-order valence-electron chi connectivity index (χ2n) is 4.72. The molecular weight excluding hydrogens is 348 g/mol. The Kier molecular flexibility index (Phi) is 8.84. The molecule has 0 saturated heterocycles. The van der Waals surface area contributed by atoms with Crippen molar-refractivity contribution in [1.82, 2.24) is 0 Å². The van der Waals surface area contributed by atoms with Crippen LogP contribution in [0.1, 0.15) is 25.0 Å². The van der Waals surface area contributed by atoms with Gasteiger partial charge in [0.15, 0.2) is 0 Å². The minimum atomic E-state index is -3.52. The Bertz CT molecular complexity index is 753. The molecule has 0 aliphatic rings. The molecule has 2 aromatic rings. The topological polar surface area (TPSA) is 120 Å². The SMILES string of the molecule is CC.Cc1ccc(S(N)(=O)=O)cc1.Cc1ccc(S(N)(=O)=O)cc1. The van der Waals surface area contributed by atoms with Crippen molar-refractivity contribution in [1.29, 1.82) is 0 Å². The molecule has 2 aromatic carbocycles. The number of benzene rings is 2. The predicted octanol–water partition coefficient (Wildman–Crippen LogP) is 2.31. The molecule has 0 atom stereocenters. The molecule has 134 valence electrons. The van der Waals surface area contributed by atoms with Gasteiger partial charge in [-0.3, -0.25) is 0 Å². The van der Waals surface area contributed by atoms with Crippen molar-refractivity contribution in [2.75, 3.05) is 0 Å². The van der Waals surface area contributed by atoms with Gasteiger partial charge in [0.1, 0.15) is 0 Å². The first-order valence-corrected chi connectivity index (χ1v) is 10.3. The second kappa shape index (κ2) is 9.53. The highest BCUT2D eigenvalue weighted by atomic mass is 32.2. The summed E-state index contributed by atoms with van der Waals surface area (Å²) in [5.74, 6) is 0. The fourth-order valence-electron chi connectivity index (χ4n) is 1.46. The van der Waals surface area contributed by atoms with E-state index in [1.807, 2.05) is 27.7 Å². The van der Waals surface area contributed by atoms with Crippen LogP contribution in [0, 0.1) is 13.8 Å². The van der Waals surface area contributed by atoms with Crippen LogP contribution in [0.15, 0.2) is 58.3 Å². The van der Waals surface area contributed by atoms with Crippen molar-refractivity contribution in [3.63, 3.8) is 0 Å². The fourth-order valence-corrected chi connectivity index (χ4v) is 2.49. The Hall–Kier alpha value is -1.74. The zero-order valence-corrected chi connectivity index (χ0v) is 15.9. The van der Waals surface area contributed by atoms with Crippen LogP contribution in [0.2, 0.25) is 0 Å². The summed E-state index contributed by atoms with van der Waals surface area (Å²) in [5.41, 5.74) is 2.02. The Morgan fingerprint density at radius 1 is 0.583 bits per heavy atom. The molecule has 0 radical (unpaired) electrons. The number of hydrogen-bond donors (Lipinski definition) is 2. The van der Waals surface area contributed by atoms with E-state index in [0.29, 0.717) is 0 Å². The fraction of sp³-hybridized carbons (Fsp3) is 0.250. The highest BCUT2D eigenvalue weighted by Crippen LogP contribution is 2.07. The number of primary sulfonamides is 2. The van der Waals surface area contributed by atoms with Crippen molar-refractivity contribution < 1.29 is 16.8 Å². The molecule has 0 heterocycles. The summed E-state index contributed by atoms with van der Waals surface area (Å²) >= 11 is 0. The Morgan fingerprint density at radius 2 is 0.792 bits per heavy atom. The van der Waals surface area contributed by atoms with E-state index in [1.54, 1.807) is 24.3 Å². The summed E-state index contributed by atoms with van der Waals surface area (Å²) in [5, 5.41) is 9.76. The van der Waals surface area contributed by atoms with E-state index < -0.39 is 20.0 Å². The molecule has 24 heavy (non-hydrogen) atoms. The lowest BCUT2D eigenvalue weighted by Crippen LogP contribution is -2.11. The summed E-state index contributed by atoms with van der Waals surface area (Å²) in [6.07, 6.45) is 0. The molecule has 8 heteroatoms. The van der Waals surface area contributed by atoms with Gasteiger partial charge in [0, 0.05) is 0 Å². The summed E-state index contributed by atoms with van der Waals surface area (Å²) in [6, 6.07) is 12.8. The van der Waals surface area contributed by atoms with Crippen molar-refractivity contribution in [2.24, 2.45) is 10.3 Å². The van der Waals surface area contributed by atoms with E-state index in [4.69, 9.17) is 10.3 Å². The summed E-state index contributed by atoms with van der Waals surface area (Å²) in [7, 11) is -7.04. The monoisotopic (exact) mass is 372 g/mol. The van der Waals surface area contributed by atoms with Crippen molar-refractivity contribution in [3.8, 4) is 0 Å². The number of rotatable bonds is 2. The standard InChI is InChI=1S/2C7H9NO2S.C2H6/c2*1-6-2-4-7(5-3-6)11(8,9)10;1-2/h2*2-5H,1H3,(H2,8,9,10);1-2H3. The molecule has 0 amide bonds. The van der Waals surface area contributed by atoms with Gasteiger partial charge < -0.3 is 0 Å². The normalized spacial score (nSPS) is 10.8. The molecule has 0 spiro atoms. The largest absolute Gasteiger partial charge is 0.238 e. The third kappa shape index (κ3) is 8.21. The highest BCUT2D eigenvalue weighted by Gasteiger charge is 2.05. The minimum Gasteiger partial charge on any atom is -0.225 e. The zero-order chi connectivity index (χ0) is 19.0. The lowest BCUT2D eigenvalue weighted by atomic mass is 10.2. The van der Waals surface area contributed by atoms with Crippen LogP contribution < -0.4 is 10.3 Å². The van der Waals surface area contributed by atoms with Gasteiger partial charge in [0.05, 0.1) is 9.79 Å². The van der Waals surface area contributed by atoms with Crippen molar-refractivity contribution in [2.45, 2.75) is 37.5 Å². The molecule has 0 saturated carbocycles. The van der Waals surface area contributed by atoms with Crippen LogP contribution in [0.5, 0.6) is 0 Å². The minimum absolute atomic E-state index is 0.156. The molecule has 4 N–H and O–H groups in total. The summed E-state index contributed by atoms with van der Waals surface area (Å²) in [6.45, 7) is 7.76. The molecule has 0 aliphatic carbocycles. The van der Waals surface area contributed by atoms with Crippen LogP contribution in [0.3, 0.4) is 0 Å². The van der Waals surface area contributed by atoms with E-state index >= 15 is 0 Å². The maximum absolute atomic E-state index is 10.7. The molecule has 0 aromatic heterocycles. The molecule has 0 bridgehead atoms. The van der Waals surface area contributed by atoms with Gasteiger partial charge in [-0.05, 0) is 38.1 Å². The van der Waals surface area contributed by atoms with Crippen LogP contribution in [0.25, 0.3) is 0 Å². The molecule has 0 fully saturated rings. The van der Waals surface area contributed by atoms with Gasteiger partial charge >= 0.3 is 0 Å². The van der Waals surface area contributed by atoms with Crippen molar-refractivity contribution >= 4 is 20.0 Å². The number of nitrogens with two attached hydrogens (primary N) is 2. The first kappa shape index (κ1) is 22.3. The van der Waals surface area contributed by atoms with E-state index in [9.17, 15) is 16.8 Å². The molecule has 0 unspecified atom stereocenters. The molecule has 2 rings (SSSR count). The van der Waals surface area contributed by atoms with Gasteiger partial charge in [-0.15, -0.1) is 0 Å². The first-order chi connectivity index (χ1) is 11.0. The number of hydrogen-bond acceptors (Lipinski definition) is 4. The summed E-state index contributed by atoms with van der Waals surface area (Å²) < 4.78 is 42.9. The average Bonchev–Trinajstić information content (AvgIpc) is 2.49. The molecule has 0 aliphatic heterocycles. The predicted molar refractivity (Wildman–Crippen MR) is 96.5 cm³/mol. The average molecular weight is 373 g/mol. The Balaban J connectivity index is 0.000000400. The second-order valence-corrected chi connectivity index (χ2v) is 7.84. The molecular formula is C16H24N2O4S2. The Labute approximate surface area is 144 Å². The van der Waals surface area contributed by atoms with Gasteiger partial charge in [0.2, 0.25) is 20.0 Å². The Morgan fingerprint density at radius 3 is 0.958 bits per heavy atom. The number of aryl methyl sites for hydroxylation is 2. The van der Waals surface area contributed by atoms with Crippen LogP contribution in [0.4, 0.5) is 0 Å². The van der Waals surface area contributed by atoms with Gasteiger partial charge in [-0.25, -0.2) is 27.1 Å². The van der Waals surface area contributed by atoms with Gasteiger partial charge in [-0.1, -0.05) is 49.2 Å². The lowest BCUT2D eigenvalue weighted by molar-refractivity contribution is 0.596. The van der Waals surface area contributed by atoms with Gasteiger partial charge in [0.25, 0.3) is 0 Å². The van der Waals surface area contributed by atoms with Crippen LogP contribution in [-0.4, -0.2) is 16.8 Å². The van der Waals surface area contributed by atoms with Crippen LogP contribution in [-0.2, 0) is 20.0 Å². The van der Waals surface area contributed by atoms with Crippen molar-refractivity contribution in [3.05, 3.63) is 59.7 Å². The van der Waals surface area contributed by atoms with Gasteiger partial charge in [-0.2, -0.15) is 0 Å². The zero-order valence-electron chi connectivity index (χ0n) is 14.2. The third-order valence-electron chi connectivity index (χ3n) is 2.70. The van der Waals surface area contributed by atoms with E-state index in [-0.39, 0.29) is 9.79 Å². The van der Waals surface area contributed by atoms with E-state index in [1.165, 1.54) is 24.3 Å². The smallest absolute Gasteiger partial charge is 0.225 e.